The lowest BCUT2D eigenvalue weighted by Crippen LogP contribution is -2.51. The third-order valence-electron chi connectivity index (χ3n) is 12.5. The summed E-state index contributed by atoms with van der Waals surface area (Å²) >= 11 is 0. The zero-order valence-electron chi connectivity index (χ0n) is 36.9. The minimum atomic E-state index is -0.920. The van der Waals surface area contributed by atoms with Gasteiger partial charge in [-0.25, -0.2) is 14.6 Å². The number of aromatic nitrogens is 2. The van der Waals surface area contributed by atoms with E-state index in [0.29, 0.717) is 38.1 Å². The Labute approximate surface area is 373 Å². The van der Waals surface area contributed by atoms with Crippen molar-refractivity contribution in [2.75, 3.05) is 33.9 Å². The SMILES string of the molecule is CCO[C@H]1C[C@@H](C2=NC=C(c3ccc(-c4ccc5cc(-c6cnc([C@@H]7CCCN7C(=O)[C@@H](NC(=O)OC)C(C)C)[nH]6)ccc5c4)cc3)C2)N(C(=O)[C@H](NC(=O)OC)c2ccccc2)C1. The van der Waals surface area contributed by atoms with E-state index in [4.69, 9.17) is 24.2 Å². The van der Waals surface area contributed by atoms with Gasteiger partial charge in [-0.1, -0.05) is 92.7 Å². The van der Waals surface area contributed by atoms with Gasteiger partial charge in [-0.3, -0.25) is 14.6 Å². The fourth-order valence-electron chi connectivity index (χ4n) is 9.13. The summed E-state index contributed by atoms with van der Waals surface area (Å²) in [6.07, 6.45) is 5.09. The van der Waals surface area contributed by atoms with Crippen LogP contribution in [0.25, 0.3) is 38.7 Å². The molecule has 0 aliphatic carbocycles. The van der Waals surface area contributed by atoms with E-state index in [1.165, 1.54) is 14.2 Å². The largest absolute Gasteiger partial charge is 0.453 e. The molecule has 2 fully saturated rings. The van der Waals surface area contributed by atoms with Gasteiger partial charge >= 0.3 is 12.2 Å². The van der Waals surface area contributed by atoms with Crippen molar-refractivity contribution in [3.63, 3.8) is 0 Å². The highest BCUT2D eigenvalue weighted by atomic mass is 16.5. The number of aliphatic imine (C=N–C) groups is 1. The Morgan fingerprint density at radius 1 is 0.797 bits per heavy atom. The molecule has 0 bridgehead atoms. The van der Waals surface area contributed by atoms with Crippen molar-refractivity contribution < 1.29 is 33.4 Å². The molecule has 5 aromatic rings. The summed E-state index contributed by atoms with van der Waals surface area (Å²) in [5.41, 5.74) is 7.72. The lowest BCUT2D eigenvalue weighted by atomic mass is 9.95. The van der Waals surface area contributed by atoms with Crippen molar-refractivity contribution >= 4 is 46.1 Å². The van der Waals surface area contributed by atoms with Crippen LogP contribution in [-0.2, 0) is 23.8 Å². The molecule has 4 amide bonds. The van der Waals surface area contributed by atoms with Gasteiger partial charge in [-0.05, 0) is 76.4 Å². The Bertz CT molecular complexity index is 2570. The molecule has 4 heterocycles. The fourth-order valence-corrected chi connectivity index (χ4v) is 9.13. The summed E-state index contributed by atoms with van der Waals surface area (Å²) in [6.45, 7) is 7.27. The molecule has 0 saturated carbocycles. The molecule has 0 spiro atoms. The number of methoxy groups -OCH3 is 2. The number of nitrogens with one attached hydrogen (secondary N) is 3. The van der Waals surface area contributed by atoms with Crippen molar-refractivity contribution in [3.05, 3.63) is 120 Å². The van der Waals surface area contributed by atoms with Gasteiger partial charge in [0.25, 0.3) is 5.91 Å². The molecule has 0 radical (unpaired) electrons. The van der Waals surface area contributed by atoms with Crippen LogP contribution in [0.4, 0.5) is 9.59 Å². The van der Waals surface area contributed by atoms with Crippen molar-refractivity contribution in [2.24, 2.45) is 10.9 Å². The summed E-state index contributed by atoms with van der Waals surface area (Å²) in [5, 5.41) is 7.64. The topological polar surface area (TPSA) is 168 Å². The maximum absolute atomic E-state index is 14.2. The second kappa shape index (κ2) is 19.3. The molecule has 64 heavy (non-hydrogen) atoms. The number of nitrogens with zero attached hydrogens (tertiary/aromatic N) is 4. The number of hydrogen-bond donors (Lipinski definition) is 3. The van der Waals surface area contributed by atoms with Gasteiger partial charge in [0.1, 0.15) is 17.9 Å². The van der Waals surface area contributed by atoms with Crippen LogP contribution < -0.4 is 10.6 Å². The molecule has 3 aliphatic rings. The number of aromatic amines is 1. The summed E-state index contributed by atoms with van der Waals surface area (Å²) < 4.78 is 15.7. The third kappa shape index (κ3) is 9.28. The molecule has 1 aromatic heterocycles. The number of alkyl carbamates (subject to hydrolysis) is 2. The number of imidazole rings is 1. The van der Waals surface area contributed by atoms with Gasteiger partial charge in [0.05, 0.1) is 44.3 Å². The predicted molar refractivity (Wildman–Crippen MR) is 245 cm³/mol. The summed E-state index contributed by atoms with van der Waals surface area (Å²) in [6, 6.07) is 28.3. The zero-order valence-corrected chi connectivity index (χ0v) is 36.9. The summed E-state index contributed by atoms with van der Waals surface area (Å²) in [5.74, 6) is 0.240. The summed E-state index contributed by atoms with van der Waals surface area (Å²) in [7, 11) is 2.58. The van der Waals surface area contributed by atoms with Crippen molar-refractivity contribution in [1.82, 2.24) is 30.4 Å². The first-order valence-electron chi connectivity index (χ1n) is 22.0. The summed E-state index contributed by atoms with van der Waals surface area (Å²) in [4.78, 5) is 68.9. The Morgan fingerprint density at radius 3 is 2.17 bits per heavy atom. The first-order valence-corrected chi connectivity index (χ1v) is 22.0. The first kappa shape index (κ1) is 43.8. The van der Waals surface area contributed by atoms with E-state index in [1.54, 1.807) is 4.90 Å². The maximum atomic E-state index is 14.2. The minimum absolute atomic E-state index is 0.110. The lowest BCUT2D eigenvalue weighted by molar-refractivity contribution is -0.135. The quantitative estimate of drug-likeness (QED) is 0.106. The molecule has 3 N–H and O–H groups in total. The highest BCUT2D eigenvalue weighted by Gasteiger charge is 2.43. The third-order valence-corrected chi connectivity index (χ3v) is 12.5. The number of benzene rings is 4. The molecular weight excluding hydrogens is 811 g/mol. The van der Waals surface area contributed by atoms with E-state index < -0.39 is 24.3 Å². The van der Waals surface area contributed by atoms with E-state index in [-0.39, 0.29) is 35.9 Å². The number of hydrogen-bond acceptors (Lipinski definition) is 9. The van der Waals surface area contributed by atoms with E-state index in [2.05, 4.69) is 76.3 Å². The number of fused-ring (bicyclic) bond motifs is 1. The van der Waals surface area contributed by atoms with Crippen LogP contribution in [0.3, 0.4) is 0 Å². The lowest BCUT2D eigenvalue weighted by Gasteiger charge is -2.30. The Balaban J connectivity index is 0.931. The van der Waals surface area contributed by atoms with Crippen LogP contribution in [0.15, 0.2) is 108 Å². The number of likely N-dealkylation sites (tertiary alicyclic amines) is 2. The molecule has 14 nitrogen and oxygen atoms in total. The molecule has 8 rings (SSSR count). The average Bonchev–Trinajstić information content (AvgIpc) is 4.17. The van der Waals surface area contributed by atoms with E-state index in [0.717, 1.165) is 68.7 Å². The number of rotatable bonds is 13. The van der Waals surface area contributed by atoms with Crippen molar-refractivity contribution in [2.45, 2.75) is 76.7 Å². The number of amides is 4. The molecule has 5 atom stereocenters. The van der Waals surface area contributed by atoms with Gasteiger partial charge in [0, 0.05) is 50.0 Å². The van der Waals surface area contributed by atoms with Crippen molar-refractivity contribution in [1.29, 1.82) is 0 Å². The number of ether oxygens (including phenoxy) is 3. The van der Waals surface area contributed by atoms with E-state index in [9.17, 15) is 19.2 Å². The Morgan fingerprint density at radius 2 is 1.47 bits per heavy atom. The first-order chi connectivity index (χ1) is 31.0. The minimum Gasteiger partial charge on any atom is -0.453 e. The molecule has 332 valence electrons. The number of allylic oxidation sites excluding steroid dienone is 1. The predicted octanol–water partition coefficient (Wildman–Crippen LogP) is 8.23. The smallest absolute Gasteiger partial charge is 0.407 e. The van der Waals surface area contributed by atoms with Crippen LogP contribution in [0.2, 0.25) is 0 Å². The second-order valence-electron chi connectivity index (χ2n) is 16.8. The second-order valence-corrected chi connectivity index (χ2v) is 16.8. The highest BCUT2D eigenvalue weighted by molar-refractivity contribution is 6.04. The van der Waals surface area contributed by atoms with Gasteiger partial charge in [-0.2, -0.15) is 0 Å². The maximum Gasteiger partial charge on any atom is 0.407 e. The Kier molecular flexibility index (Phi) is 13.2. The monoisotopic (exact) mass is 865 g/mol. The standard InChI is InChI=1S/C50H55N7O7/c1-6-64-39-26-43(57(29-39)48(59)45(55-50(61)63-5)33-11-8-7-9-12-33)40-25-38(27-51-40)32-16-14-31(15-17-32)34-18-19-36-24-37(21-20-35(36)23-34)41-28-52-46(53-41)42-13-10-22-56(42)47(58)44(30(2)3)54-49(60)62-4/h7-9,11-12,14-21,23-24,27-28,30,39,42-45H,6,10,13,22,25-26,29H2,1-5H3,(H,52,53)(H,54,60)(H,55,61)/t39-,42-,43-,44-,45+/m0/s1. The van der Waals surface area contributed by atoms with Gasteiger partial charge in [0.15, 0.2) is 0 Å². The van der Waals surface area contributed by atoms with E-state index >= 15 is 0 Å². The zero-order chi connectivity index (χ0) is 44.9. The van der Waals surface area contributed by atoms with Crippen LogP contribution in [0.1, 0.15) is 75.5 Å². The van der Waals surface area contributed by atoms with Crippen LogP contribution in [-0.4, -0.2) is 102 Å². The molecular formula is C50H55N7O7. The molecule has 0 unspecified atom stereocenters. The highest BCUT2D eigenvalue weighted by Crippen LogP contribution is 2.36. The van der Waals surface area contributed by atoms with Gasteiger partial charge < -0.3 is 39.6 Å². The van der Waals surface area contributed by atoms with Gasteiger partial charge in [0.2, 0.25) is 5.91 Å². The van der Waals surface area contributed by atoms with Crippen LogP contribution in [0, 0.1) is 5.92 Å². The molecule has 4 aromatic carbocycles. The van der Waals surface area contributed by atoms with Crippen molar-refractivity contribution in [3.8, 4) is 22.4 Å². The number of carbonyl (C=O) groups is 4. The average molecular weight is 866 g/mol. The van der Waals surface area contributed by atoms with Crippen LogP contribution >= 0.6 is 0 Å². The van der Waals surface area contributed by atoms with Crippen LogP contribution in [0.5, 0.6) is 0 Å². The van der Waals surface area contributed by atoms with E-state index in [1.807, 2.05) is 68.4 Å². The number of carbonyl (C=O) groups excluding carboxylic acids is 4. The fraction of sp³-hybridized carbons (Fsp3) is 0.360. The molecule has 2 saturated heterocycles. The number of H-pyrrole nitrogens is 1. The molecule has 14 heteroatoms. The Hall–Kier alpha value is -6.80. The normalized spacial score (nSPS) is 19.3. The molecule has 3 aliphatic heterocycles. The van der Waals surface area contributed by atoms with Gasteiger partial charge in [-0.15, -0.1) is 0 Å².